The average Bonchev–Trinajstić information content (AvgIpc) is 2.92. The van der Waals surface area contributed by atoms with Crippen LogP contribution in [0.4, 0.5) is 5.69 Å². The predicted molar refractivity (Wildman–Crippen MR) is 87.7 cm³/mol. The number of carbonyl (C=O) groups excluding carboxylic acids is 1. The summed E-state index contributed by atoms with van der Waals surface area (Å²) in [6.07, 6.45) is 1.93. The molecule has 0 bridgehead atoms. The molecule has 0 aliphatic carbocycles. The van der Waals surface area contributed by atoms with Crippen LogP contribution in [0.5, 0.6) is 5.75 Å². The number of hydrogen-bond donors (Lipinski definition) is 0. The van der Waals surface area contributed by atoms with Crippen LogP contribution in [0, 0.1) is 17.0 Å². The molecule has 1 aromatic carbocycles. The number of non-ortho nitro benzene ring substituents is 1. The van der Waals surface area contributed by atoms with E-state index in [1.54, 1.807) is 11.9 Å². The lowest BCUT2D eigenvalue weighted by molar-refractivity contribution is -0.384. The number of carbonyl (C=O) groups is 1. The third-order valence-electron chi connectivity index (χ3n) is 3.62. The molecule has 0 saturated carbocycles. The molecule has 8 nitrogen and oxygen atoms in total. The largest absolute Gasteiger partial charge is 0.484 e. The highest BCUT2D eigenvalue weighted by Gasteiger charge is 2.14. The monoisotopic (exact) mass is 332 g/mol. The number of rotatable bonds is 7. The first-order valence-corrected chi connectivity index (χ1v) is 7.55. The molecule has 2 aromatic rings. The van der Waals surface area contributed by atoms with Gasteiger partial charge in [-0.2, -0.15) is 5.10 Å². The fourth-order valence-electron chi connectivity index (χ4n) is 2.14. The van der Waals surface area contributed by atoms with Gasteiger partial charge in [0.2, 0.25) is 0 Å². The number of nitro groups is 1. The molecule has 0 spiro atoms. The highest BCUT2D eigenvalue weighted by molar-refractivity contribution is 5.77. The zero-order valence-electron chi connectivity index (χ0n) is 13.9. The molecule has 0 unspecified atom stereocenters. The fraction of sp³-hybridized carbons (Fsp3) is 0.375. The Hall–Kier alpha value is -2.90. The second kappa shape index (κ2) is 7.58. The molecule has 0 aliphatic rings. The van der Waals surface area contributed by atoms with Crippen LogP contribution in [-0.4, -0.2) is 39.2 Å². The minimum absolute atomic E-state index is 0.0193. The average molecular weight is 332 g/mol. The number of nitrogens with zero attached hydrogens (tertiary/aromatic N) is 4. The van der Waals surface area contributed by atoms with Crippen molar-refractivity contribution in [2.24, 2.45) is 0 Å². The number of amides is 1. The number of aromatic nitrogens is 2. The topological polar surface area (TPSA) is 90.5 Å². The van der Waals surface area contributed by atoms with Crippen LogP contribution in [0.3, 0.4) is 0 Å². The molecule has 8 heteroatoms. The van der Waals surface area contributed by atoms with Crippen molar-refractivity contribution in [3.63, 3.8) is 0 Å². The predicted octanol–water partition coefficient (Wildman–Crippen LogP) is 2.16. The molecule has 1 amide bonds. The molecule has 1 heterocycles. The molecule has 2 rings (SSSR count). The van der Waals surface area contributed by atoms with E-state index in [1.165, 1.54) is 24.3 Å². The molecule has 128 valence electrons. The van der Waals surface area contributed by atoms with E-state index in [0.717, 1.165) is 17.8 Å². The van der Waals surface area contributed by atoms with E-state index in [1.807, 2.05) is 24.7 Å². The second-order valence-corrected chi connectivity index (χ2v) is 5.38. The van der Waals surface area contributed by atoms with Crippen LogP contribution in [0.15, 0.2) is 30.5 Å². The van der Waals surface area contributed by atoms with E-state index >= 15 is 0 Å². The van der Waals surface area contributed by atoms with Crippen molar-refractivity contribution in [3.8, 4) is 5.75 Å². The van der Waals surface area contributed by atoms with Gasteiger partial charge in [-0.1, -0.05) is 0 Å². The van der Waals surface area contributed by atoms with Gasteiger partial charge in [-0.3, -0.25) is 19.6 Å². The first kappa shape index (κ1) is 17.5. The van der Waals surface area contributed by atoms with Gasteiger partial charge in [-0.15, -0.1) is 0 Å². The second-order valence-electron chi connectivity index (χ2n) is 5.38. The van der Waals surface area contributed by atoms with E-state index in [-0.39, 0.29) is 18.2 Å². The minimum atomic E-state index is -0.485. The maximum atomic E-state index is 12.1. The Balaban J connectivity index is 1.89. The highest BCUT2D eigenvalue weighted by Crippen LogP contribution is 2.17. The Morgan fingerprint density at radius 2 is 2.04 bits per heavy atom. The molecule has 24 heavy (non-hydrogen) atoms. The molecule has 0 aliphatic heterocycles. The van der Waals surface area contributed by atoms with Crippen molar-refractivity contribution in [1.82, 2.24) is 14.7 Å². The number of ether oxygens (including phenoxy) is 1. The summed E-state index contributed by atoms with van der Waals surface area (Å²) in [5, 5.41) is 14.9. The number of hydrogen-bond acceptors (Lipinski definition) is 5. The SMILES string of the molecule is CCn1cc(CN(C)C(=O)COc2ccc([N+](=O)[O-])cc2)c(C)n1. The van der Waals surface area contributed by atoms with Crippen molar-refractivity contribution in [2.75, 3.05) is 13.7 Å². The Morgan fingerprint density at radius 1 is 1.38 bits per heavy atom. The third-order valence-corrected chi connectivity index (χ3v) is 3.62. The van der Waals surface area contributed by atoms with Gasteiger partial charge >= 0.3 is 0 Å². The summed E-state index contributed by atoms with van der Waals surface area (Å²) in [7, 11) is 1.70. The molecule has 0 radical (unpaired) electrons. The molecular formula is C16H20N4O4. The molecule has 1 aromatic heterocycles. The van der Waals surface area contributed by atoms with Crippen LogP contribution in [0.1, 0.15) is 18.2 Å². The molecule has 0 N–H and O–H groups in total. The van der Waals surface area contributed by atoms with E-state index in [2.05, 4.69) is 5.10 Å². The van der Waals surface area contributed by atoms with Gasteiger partial charge < -0.3 is 9.64 Å². The van der Waals surface area contributed by atoms with Gasteiger partial charge in [-0.25, -0.2) is 0 Å². The zero-order valence-corrected chi connectivity index (χ0v) is 13.9. The van der Waals surface area contributed by atoms with Crippen molar-refractivity contribution in [3.05, 3.63) is 51.8 Å². The first-order valence-electron chi connectivity index (χ1n) is 7.55. The van der Waals surface area contributed by atoms with E-state index in [9.17, 15) is 14.9 Å². The Labute approximate surface area is 139 Å². The van der Waals surface area contributed by atoms with E-state index in [0.29, 0.717) is 12.3 Å². The van der Waals surface area contributed by atoms with Gasteiger partial charge in [0.25, 0.3) is 11.6 Å². The quantitative estimate of drug-likeness (QED) is 0.572. The summed E-state index contributed by atoms with van der Waals surface area (Å²) in [6.45, 7) is 5.02. The normalized spacial score (nSPS) is 10.5. The van der Waals surface area contributed by atoms with E-state index < -0.39 is 4.92 Å². The maximum Gasteiger partial charge on any atom is 0.269 e. The molecule has 0 fully saturated rings. The van der Waals surface area contributed by atoms with Gasteiger partial charge in [0.15, 0.2) is 6.61 Å². The standard InChI is InChI=1S/C16H20N4O4/c1-4-19-10-13(12(2)17-19)9-18(3)16(21)11-24-15-7-5-14(6-8-15)20(22)23/h5-8,10H,4,9,11H2,1-3H3. The number of aryl methyl sites for hydroxylation is 2. The summed E-state index contributed by atoms with van der Waals surface area (Å²) in [5.74, 6) is 0.231. The Morgan fingerprint density at radius 3 is 2.58 bits per heavy atom. The fourth-order valence-corrected chi connectivity index (χ4v) is 2.14. The summed E-state index contributed by atoms with van der Waals surface area (Å²) in [6, 6.07) is 5.62. The van der Waals surface area contributed by atoms with Crippen LogP contribution < -0.4 is 4.74 Å². The number of likely N-dealkylation sites (N-methyl/N-ethyl adjacent to an activating group) is 1. The van der Waals surface area contributed by atoms with Crippen molar-refractivity contribution >= 4 is 11.6 Å². The Kier molecular flexibility index (Phi) is 5.51. The van der Waals surface area contributed by atoms with Gasteiger partial charge in [-0.05, 0) is 26.0 Å². The summed E-state index contributed by atoms with van der Waals surface area (Å²) in [5.41, 5.74) is 1.87. The maximum absolute atomic E-state index is 12.1. The van der Waals surface area contributed by atoms with Crippen LogP contribution in [0.2, 0.25) is 0 Å². The van der Waals surface area contributed by atoms with Gasteiger partial charge in [0, 0.05) is 44.0 Å². The number of nitro benzene ring substituents is 1. The van der Waals surface area contributed by atoms with Crippen molar-refractivity contribution in [2.45, 2.75) is 26.9 Å². The first-order chi connectivity index (χ1) is 11.4. The van der Waals surface area contributed by atoms with Crippen molar-refractivity contribution < 1.29 is 14.5 Å². The van der Waals surface area contributed by atoms with Crippen LogP contribution in [-0.2, 0) is 17.9 Å². The lowest BCUT2D eigenvalue weighted by Gasteiger charge is -2.17. The lowest BCUT2D eigenvalue weighted by atomic mass is 10.2. The third kappa shape index (κ3) is 4.31. The lowest BCUT2D eigenvalue weighted by Crippen LogP contribution is -2.31. The van der Waals surface area contributed by atoms with Crippen molar-refractivity contribution in [1.29, 1.82) is 0 Å². The highest BCUT2D eigenvalue weighted by atomic mass is 16.6. The van der Waals surface area contributed by atoms with Crippen LogP contribution >= 0.6 is 0 Å². The van der Waals surface area contributed by atoms with Crippen LogP contribution in [0.25, 0.3) is 0 Å². The molecule has 0 saturated heterocycles. The molecule has 0 atom stereocenters. The van der Waals surface area contributed by atoms with E-state index in [4.69, 9.17) is 4.74 Å². The summed E-state index contributed by atoms with van der Waals surface area (Å²) >= 11 is 0. The zero-order chi connectivity index (χ0) is 17.7. The number of benzene rings is 1. The Bertz CT molecular complexity index is 724. The summed E-state index contributed by atoms with van der Waals surface area (Å²) < 4.78 is 7.21. The smallest absolute Gasteiger partial charge is 0.269 e. The summed E-state index contributed by atoms with van der Waals surface area (Å²) in [4.78, 5) is 23.8. The van der Waals surface area contributed by atoms with Gasteiger partial charge in [0.1, 0.15) is 5.75 Å². The van der Waals surface area contributed by atoms with Gasteiger partial charge in [0.05, 0.1) is 10.6 Å². The molecular weight excluding hydrogens is 312 g/mol. The minimum Gasteiger partial charge on any atom is -0.484 e.